The number of hydrogen-bond acceptors (Lipinski definition) is 3. The first-order chi connectivity index (χ1) is 8.72. The largest absolute Gasteiger partial charge is 0.394 e. The van der Waals surface area contributed by atoms with Crippen LogP contribution in [-0.4, -0.2) is 42.9 Å². The van der Waals surface area contributed by atoms with Gasteiger partial charge in [0.15, 0.2) is 0 Å². The van der Waals surface area contributed by atoms with E-state index in [2.05, 4.69) is 43.0 Å². The lowest BCUT2D eigenvalue weighted by Crippen LogP contribution is -2.40. The molecule has 0 aliphatic carbocycles. The van der Waals surface area contributed by atoms with E-state index < -0.39 is 0 Å². The van der Waals surface area contributed by atoms with Crippen molar-refractivity contribution in [3.05, 3.63) is 35.4 Å². The first kappa shape index (κ1) is 13.5. The molecule has 1 fully saturated rings. The summed E-state index contributed by atoms with van der Waals surface area (Å²) in [6.07, 6.45) is 0. The van der Waals surface area contributed by atoms with Crippen LogP contribution in [0.1, 0.15) is 36.9 Å². The Morgan fingerprint density at radius 2 is 1.67 bits per heavy atom. The zero-order chi connectivity index (χ0) is 13.0. The summed E-state index contributed by atoms with van der Waals surface area (Å²) >= 11 is 0. The summed E-state index contributed by atoms with van der Waals surface area (Å²) in [6.45, 7) is 7.89. The SMILES string of the molecule is CC(C)c1ccc(C(CO)N2CCOCC2)cc1. The smallest absolute Gasteiger partial charge is 0.0628 e. The van der Waals surface area contributed by atoms with Gasteiger partial charge in [0.2, 0.25) is 0 Å². The second-order valence-corrected chi connectivity index (χ2v) is 5.17. The van der Waals surface area contributed by atoms with Gasteiger partial charge in [-0.05, 0) is 17.0 Å². The van der Waals surface area contributed by atoms with Crippen molar-refractivity contribution in [2.45, 2.75) is 25.8 Å². The molecule has 1 unspecified atom stereocenters. The molecule has 1 aromatic rings. The van der Waals surface area contributed by atoms with Gasteiger partial charge < -0.3 is 9.84 Å². The molecule has 0 radical (unpaired) electrons. The molecule has 1 saturated heterocycles. The fourth-order valence-electron chi connectivity index (χ4n) is 2.42. The third kappa shape index (κ3) is 3.10. The normalized spacial score (nSPS) is 19.1. The van der Waals surface area contributed by atoms with Crippen LogP contribution in [0.5, 0.6) is 0 Å². The number of benzene rings is 1. The van der Waals surface area contributed by atoms with E-state index >= 15 is 0 Å². The van der Waals surface area contributed by atoms with Crippen molar-refractivity contribution in [1.29, 1.82) is 0 Å². The average molecular weight is 249 g/mol. The minimum Gasteiger partial charge on any atom is -0.394 e. The summed E-state index contributed by atoms with van der Waals surface area (Å²) in [5.41, 5.74) is 2.54. The number of rotatable bonds is 4. The lowest BCUT2D eigenvalue weighted by atomic mass is 9.98. The minimum atomic E-state index is 0.107. The van der Waals surface area contributed by atoms with Gasteiger partial charge in [-0.15, -0.1) is 0 Å². The fourth-order valence-corrected chi connectivity index (χ4v) is 2.42. The molecule has 1 aliphatic heterocycles. The molecule has 1 heterocycles. The maximum Gasteiger partial charge on any atom is 0.0628 e. The fraction of sp³-hybridized carbons (Fsp3) is 0.600. The molecule has 0 amide bonds. The van der Waals surface area contributed by atoms with Crippen molar-refractivity contribution in [3.8, 4) is 0 Å². The molecule has 1 aliphatic rings. The van der Waals surface area contributed by atoms with E-state index in [-0.39, 0.29) is 12.6 Å². The van der Waals surface area contributed by atoms with Crippen LogP contribution in [0.3, 0.4) is 0 Å². The number of nitrogens with zero attached hydrogens (tertiary/aromatic N) is 1. The van der Waals surface area contributed by atoms with Crippen LogP contribution < -0.4 is 0 Å². The van der Waals surface area contributed by atoms with Crippen LogP contribution in [0.25, 0.3) is 0 Å². The first-order valence-electron chi connectivity index (χ1n) is 6.75. The summed E-state index contributed by atoms with van der Waals surface area (Å²) < 4.78 is 5.36. The van der Waals surface area contributed by atoms with Crippen molar-refractivity contribution < 1.29 is 9.84 Å². The van der Waals surface area contributed by atoms with Crippen molar-refractivity contribution in [2.24, 2.45) is 0 Å². The van der Waals surface area contributed by atoms with Crippen LogP contribution >= 0.6 is 0 Å². The molecule has 0 bridgehead atoms. The number of aliphatic hydroxyl groups is 1. The molecule has 3 nitrogen and oxygen atoms in total. The zero-order valence-corrected chi connectivity index (χ0v) is 11.3. The van der Waals surface area contributed by atoms with Gasteiger partial charge in [-0.25, -0.2) is 0 Å². The predicted molar refractivity (Wildman–Crippen MR) is 72.7 cm³/mol. The molecule has 0 saturated carbocycles. The molecule has 1 aromatic carbocycles. The van der Waals surface area contributed by atoms with Gasteiger partial charge >= 0.3 is 0 Å². The lowest BCUT2D eigenvalue weighted by molar-refractivity contribution is 0.00259. The van der Waals surface area contributed by atoms with Gasteiger partial charge in [0.25, 0.3) is 0 Å². The van der Waals surface area contributed by atoms with Crippen LogP contribution in [0.15, 0.2) is 24.3 Å². The van der Waals surface area contributed by atoms with Crippen LogP contribution in [0, 0.1) is 0 Å². The summed E-state index contributed by atoms with van der Waals surface area (Å²) in [5, 5.41) is 9.63. The van der Waals surface area contributed by atoms with Crippen molar-refractivity contribution in [1.82, 2.24) is 4.90 Å². The van der Waals surface area contributed by atoms with E-state index in [9.17, 15) is 5.11 Å². The molecule has 0 spiro atoms. The molecular weight excluding hydrogens is 226 g/mol. The summed E-state index contributed by atoms with van der Waals surface area (Å²) in [4.78, 5) is 2.30. The van der Waals surface area contributed by atoms with Crippen LogP contribution in [0.2, 0.25) is 0 Å². The maximum atomic E-state index is 9.63. The van der Waals surface area contributed by atoms with Crippen molar-refractivity contribution in [3.63, 3.8) is 0 Å². The van der Waals surface area contributed by atoms with Crippen molar-refractivity contribution in [2.75, 3.05) is 32.9 Å². The standard InChI is InChI=1S/C15H23NO2/c1-12(2)13-3-5-14(6-4-13)15(11-17)16-7-9-18-10-8-16/h3-6,12,15,17H,7-11H2,1-2H3. The number of aliphatic hydroxyl groups excluding tert-OH is 1. The Hall–Kier alpha value is -0.900. The number of ether oxygens (including phenoxy) is 1. The molecule has 1 atom stereocenters. The highest BCUT2D eigenvalue weighted by Crippen LogP contribution is 2.23. The molecule has 3 heteroatoms. The van der Waals surface area contributed by atoms with Gasteiger partial charge in [0, 0.05) is 13.1 Å². The van der Waals surface area contributed by atoms with E-state index in [1.165, 1.54) is 11.1 Å². The highest BCUT2D eigenvalue weighted by Gasteiger charge is 2.21. The Morgan fingerprint density at radius 3 is 2.17 bits per heavy atom. The predicted octanol–water partition coefficient (Wildman–Crippen LogP) is 2.18. The molecule has 100 valence electrons. The molecule has 18 heavy (non-hydrogen) atoms. The van der Waals surface area contributed by atoms with Gasteiger partial charge in [-0.1, -0.05) is 38.1 Å². The van der Waals surface area contributed by atoms with Gasteiger partial charge in [0.1, 0.15) is 0 Å². The van der Waals surface area contributed by atoms with Crippen LogP contribution in [0.4, 0.5) is 0 Å². The number of morpholine rings is 1. The molecule has 2 rings (SSSR count). The quantitative estimate of drug-likeness (QED) is 0.887. The number of hydrogen-bond donors (Lipinski definition) is 1. The topological polar surface area (TPSA) is 32.7 Å². The highest BCUT2D eigenvalue weighted by atomic mass is 16.5. The second kappa shape index (κ2) is 6.32. The summed E-state index contributed by atoms with van der Waals surface area (Å²) in [6, 6.07) is 8.74. The van der Waals surface area contributed by atoms with E-state index in [4.69, 9.17) is 4.74 Å². The molecule has 1 N–H and O–H groups in total. The molecule has 0 aromatic heterocycles. The van der Waals surface area contributed by atoms with E-state index in [1.54, 1.807) is 0 Å². The highest BCUT2D eigenvalue weighted by molar-refractivity contribution is 5.27. The summed E-state index contributed by atoms with van der Waals surface area (Å²) in [5.74, 6) is 0.551. The van der Waals surface area contributed by atoms with Gasteiger partial charge in [-0.2, -0.15) is 0 Å². The van der Waals surface area contributed by atoms with E-state index in [0.717, 1.165) is 26.3 Å². The Bertz CT molecular complexity index is 355. The van der Waals surface area contributed by atoms with Crippen LogP contribution in [-0.2, 0) is 4.74 Å². The Balaban J connectivity index is 2.11. The third-order valence-corrected chi connectivity index (χ3v) is 3.65. The Labute approximate surface area is 109 Å². The summed E-state index contributed by atoms with van der Waals surface area (Å²) in [7, 11) is 0. The van der Waals surface area contributed by atoms with Crippen molar-refractivity contribution >= 4 is 0 Å². The van der Waals surface area contributed by atoms with Gasteiger partial charge in [-0.3, -0.25) is 4.90 Å². The third-order valence-electron chi connectivity index (χ3n) is 3.65. The maximum absolute atomic E-state index is 9.63. The average Bonchev–Trinajstić information content (AvgIpc) is 2.41. The first-order valence-corrected chi connectivity index (χ1v) is 6.75. The van der Waals surface area contributed by atoms with Gasteiger partial charge in [0.05, 0.1) is 25.9 Å². The Morgan fingerprint density at radius 1 is 1.11 bits per heavy atom. The minimum absolute atomic E-state index is 0.107. The van der Waals surface area contributed by atoms with E-state index in [0.29, 0.717) is 5.92 Å². The second-order valence-electron chi connectivity index (χ2n) is 5.17. The molecular formula is C15H23NO2. The van der Waals surface area contributed by atoms with E-state index in [1.807, 2.05) is 0 Å². The zero-order valence-electron chi connectivity index (χ0n) is 11.3. The lowest BCUT2D eigenvalue weighted by Gasteiger charge is -2.33. The Kier molecular flexibility index (Phi) is 4.75. The monoisotopic (exact) mass is 249 g/mol.